The van der Waals surface area contributed by atoms with Gasteiger partial charge in [-0.1, -0.05) is 26.8 Å². The number of carboxylic acid groups (broad SMARTS) is 1. The van der Waals surface area contributed by atoms with Gasteiger partial charge in [0.25, 0.3) is 5.70 Å². The van der Waals surface area contributed by atoms with Crippen LogP contribution in [0.3, 0.4) is 0 Å². The summed E-state index contributed by atoms with van der Waals surface area (Å²) in [6.45, 7) is 19.5. The monoisotopic (exact) mass is 488 g/mol. The maximum Gasteiger partial charge on any atom is 0.498 e. The molecule has 1 atom stereocenters. The number of hydrogen-bond acceptors (Lipinski definition) is 6. The van der Waals surface area contributed by atoms with E-state index in [9.17, 15) is 20.0 Å². The summed E-state index contributed by atoms with van der Waals surface area (Å²) < 4.78 is 14.2. The predicted molar refractivity (Wildman–Crippen MR) is 136 cm³/mol. The molecule has 0 radical (unpaired) electrons. The molecule has 1 fully saturated rings. The summed E-state index contributed by atoms with van der Waals surface area (Å²) in [5.74, 6) is 0. The number of nitrogens with one attached hydrogen (secondary N) is 1. The van der Waals surface area contributed by atoms with Gasteiger partial charge in [0.05, 0.1) is 21.8 Å². The molecule has 0 aromatic carbocycles. The second-order valence-corrected chi connectivity index (χ2v) is 10.8. The van der Waals surface area contributed by atoms with Crippen molar-refractivity contribution >= 4 is 24.2 Å². The molecular weight excluding hydrogens is 451 g/mol. The molecule has 2 rings (SSSR count). The van der Waals surface area contributed by atoms with Crippen molar-refractivity contribution in [2.45, 2.75) is 85.6 Å². The van der Waals surface area contributed by atoms with E-state index < -0.39 is 29.3 Å². The average molecular weight is 488 g/mol. The highest BCUT2D eigenvalue weighted by atomic mass is 16.7. The Kier molecular flexibility index (Phi) is 8.39. The van der Waals surface area contributed by atoms with Gasteiger partial charge in [0, 0.05) is 30.3 Å². The Morgan fingerprint density at radius 2 is 1.89 bits per heavy atom. The summed E-state index contributed by atoms with van der Waals surface area (Å²) in [5.41, 5.74) is 0.241. The van der Waals surface area contributed by atoms with E-state index >= 15 is 0 Å². The quantitative estimate of drug-likeness (QED) is 0.233. The number of rotatable bonds is 9. The van der Waals surface area contributed by atoms with E-state index in [2.05, 4.69) is 11.9 Å². The fraction of sp³-hybridized carbons (Fsp3) is 0.583. The minimum atomic E-state index is -1.07. The Balaban J connectivity index is 2.45. The maximum atomic E-state index is 11.3. The van der Waals surface area contributed by atoms with Gasteiger partial charge in [-0.05, 0) is 64.7 Å². The molecule has 0 bridgehead atoms. The number of nitro groups is 1. The van der Waals surface area contributed by atoms with Crippen molar-refractivity contribution in [3.05, 3.63) is 52.5 Å². The topological polar surface area (TPSA) is 129 Å². The Hall–Kier alpha value is -2.92. The fourth-order valence-electron chi connectivity index (χ4n) is 3.61. The molecule has 192 valence electrons. The maximum absolute atomic E-state index is 11.3. The first-order valence-electron chi connectivity index (χ1n) is 11.6. The number of aryl methyl sites for hydroxylation is 1. The summed E-state index contributed by atoms with van der Waals surface area (Å²) in [6.07, 6.45) is 5.99. The van der Waals surface area contributed by atoms with Gasteiger partial charge in [-0.3, -0.25) is 14.8 Å². The smallest absolute Gasteiger partial charge is 0.465 e. The highest BCUT2D eigenvalue weighted by Crippen LogP contribution is 2.37. The first kappa shape index (κ1) is 28.3. The van der Waals surface area contributed by atoms with E-state index in [1.54, 1.807) is 16.8 Å². The molecular formula is C24H37BN4O6. The number of aromatic nitrogens is 2. The molecule has 0 saturated carbocycles. The Labute approximate surface area is 207 Å². The molecule has 11 heteroatoms. The van der Waals surface area contributed by atoms with Crippen LogP contribution in [0.4, 0.5) is 4.79 Å². The number of hydrogen-bond donors (Lipinski definition) is 2. The minimum absolute atomic E-state index is 0.242. The molecule has 1 aromatic rings. The standard InChI is InChI=1S/C24H37BN4O6/c1-10-17(12-11-16(2)29(32)33)20-18(25-34-23(6,7)24(8,9)35-25)15-28(27-20)14-13-19(22(3,4)5)26-21(30)31/h10-12,15,19,26H,2,13-14H2,1,3-9H3,(H,30,31). The van der Waals surface area contributed by atoms with E-state index in [1.807, 2.05) is 61.6 Å². The SMILES string of the molecule is C=C(C=CC(=CC)c1nn(CCC(NC(=O)O)C(C)(C)C)cc1B1OC(C)(C)C(C)(C)O1)[N+](=O)[O-]. The lowest BCUT2D eigenvalue weighted by Gasteiger charge is -2.32. The first-order valence-corrected chi connectivity index (χ1v) is 11.6. The van der Waals surface area contributed by atoms with Crippen LogP contribution < -0.4 is 10.8 Å². The van der Waals surface area contributed by atoms with Crippen LogP contribution >= 0.6 is 0 Å². The molecule has 1 saturated heterocycles. The Bertz CT molecular complexity index is 1020. The molecule has 2 heterocycles. The zero-order chi connectivity index (χ0) is 26.8. The van der Waals surface area contributed by atoms with Crippen molar-refractivity contribution in [1.29, 1.82) is 0 Å². The lowest BCUT2D eigenvalue weighted by Crippen LogP contribution is -2.43. The zero-order valence-electron chi connectivity index (χ0n) is 21.9. The van der Waals surface area contributed by atoms with Crippen molar-refractivity contribution in [3.63, 3.8) is 0 Å². The van der Waals surface area contributed by atoms with Crippen molar-refractivity contribution in [3.8, 4) is 0 Å². The molecule has 10 nitrogen and oxygen atoms in total. The lowest BCUT2D eigenvalue weighted by atomic mass is 9.78. The summed E-state index contributed by atoms with van der Waals surface area (Å²) >= 11 is 0. The number of allylic oxidation sites excluding steroid dienone is 4. The van der Waals surface area contributed by atoms with Gasteiger partial charge in [-0.25, -0.2) is 4.79 Å². The molecule has 0 spiro atoms. The van der Waals surface area contributed by atoms with Gasteiger partial charge in [-0.15, -0.1) is 0 Å². The molecule has 1 aliphatic heterocycles. The van der Waals surface area contributed by atoms with Crippen LogP contribution in [-0.2, 0) is 15.9 Å². The third-order valence-corrected chi connectivity index (χ3v) is 6.56. The third kappa shape index (κ3) is 6.82. The lowest BCUT2D eigenvalue weighted by molar-refractivity contribution is -0.418. The van der Waals surface area contributed by atoms with E-state index in [-0.39, 0.29) is 17.2 Å². The van der Waals surface area contributed by atoms with E-state index in [0.717, 1.165) is 0 Å². The van der Waals surface area contributed by atoms with Gasteiger partial charge in [0.15, 0.2) is 0 Å². The van der Waals surface area contributed by atoms with Gasteiger partial charge < -0.3 is 19.7 Å². The second kappa shape index (κ2) is 10.4. The van der Waals surface area contributed by atoms with Crippen LogP contribution in [0.25, 0.3) is 5.57 Å². The van der Waals surface area contributed by atoms with E-state index in [4.69, 9.17) is 14.4 Å². The normalized spacial score (nSPS) is 18.6. The molecule has 1 aliphatic rings. The zero-order valence-corrected chi connectivity index (χ0v) is 21.9. The molecule has 2 N–H and O–H groups in total. The number of nitrogens with zero attached hydrogens (tertiary/aromatic N) is 3. The number of amides is 1. The summed E-state index contributed by atoms with van der Waals surface area (Å²) in [7, 11) is -0.693. The van der Waals surface area contributed by atoms with Crippen molar-refractivity contribution in [2.24, 2.45) is 5.41 Å². The van der Waals surface area contributed by atoms with Crippen LogP contribution in [0, 0.1) is 15.5 Å². The van der Waals surface area contributed by atoms with Gasteiger partial charge in [-0.2, -0.15) is 5.10 Å². The molecule has 1 aromatic heterocycles. The second-order valence-electron chi connectivity index (χ2n) is 10.8. The first-order chi connectivity index (χ1) is 16.0. The Morgan fingerprint density at radius 3 is 2.34 bits per heavy atom. The largest absolute Gasteiger partial charge is 0.498 e. The minimum Gasteiger partial charge on any atom is -0.465 e. The highest BCUT2D eigenvalue weighted by molar-refractivity contribution is 6.63. The highest BCUT2D eigenvalue weighted by Gasteiger charge is 2.53. The van der Waals surface area contributed by atoms with Gasteiger partial charge >= 0.3 is 13.2 Å². The van der Waals surface area contributed by atoms with Gasteiger partial charge in [0.2, 0.25) is 0 Å². The predicted octanol–water partition coefficient (Wildman–Crippen LogP) is 4.00. The summed E-state index contributed by atoms with van der Waals surface area (Å²) in [6, 6.07) is -0.294. The van der Waals surface area contributed by atoms with Crippen LogP contribution in [0.1, 0.15) is 67.5 Å². The molecule has 1 unspecified atom stereocenters. The third-order valence-electron chi connectivity index (χ3n) is 6.56. The molecule has 35 heavy (non-hydrogen) atoms. The Morgan fingerprint density at radius 1 is 1.31 bits per heavy atom. The van der Waals surface area contributed by atoms with Crippen LogP contribution in [0.2, 0.25) is 0 Å². The number of carbonyl (C=O) groups is 1. The summed E-state index contributed by atoms with van der Waals surface area (Å²) in [5, 5.41) is 27.6. The average Bonchev–Trinajstić information content (AvgIpc) is 3.22. The van der Waals surface area contributed by atoms with Crippen molar-refractivity contribution in [1.82, 2.24) is 15.1 Å². The fourth-order valence-corrected chi connectivity index (χ4v) is 3.61. The molecule has 1 amide bonds. The van der Waals surface area contributed by atoms with Crippen molar-refractivity contribution in [2.75, 3.05) is 0 Å². The van der Waals surface area contributed by atoms with E-state index in [1.165, 1.54) is 6.08 Å². The molecule has 0 aliphatic carbocycles. The van der Waals surface area contributed by atoms with Crippen LogP contribution in [0.5, 0.6) is 0 Å². The van der Waals surface area contributed by atoms with Crippen molar-refractivity contribution < 1.29 is 24.1 Å². The van der Waals surface area contributed by atoms with Crippen LogP contribution in [-0.4, -0.2) is 50.3 Å². The van der Waals surface area contributed by atoms with Crippen LogP contribution in [0.15, 0.2) is 36.7 Å². The van der Waals surface area contributed by atoms with Gasteiger partial charge in [0.1, 0.15) is 0 Å². The summed E-state index contributed by atoms with van der Waals surface area (Å²) in [4.78, 5) is 21.7. The van der Waals surface area contributed by atoms with E-state index in [0.29, 0.717) is 29.7 Å².